The number of aromatic nitrogens is 4. The molecule has 88 valence electrons. The molecule has 0 amide bonds. The molecule has 0 saturated carbocycles. The van der Waals surface area contributed by atoms with Gasteiger partial charge in [0.25, 0.3) is 0 Å². The van der Waals surface area contributed by atoms with E-state index < -0.39 is 0 Å². The summed E-state index contributed by atoms with van der Waals surface area (Å²) in [5.41, 5.74) is 1.90. The highest BCUT2D eigenvalue weighted by Gasteiger charge is 2.06. The fourth-order valence-corrected chi connectivity index (χ4v) is 1.94. The molecule has 0 aliphatic carbocycles. The van der Waals surface area contributed by atoms with Gasteiger partial charge in [-0.2, -0.15) is 10.2 Å². The average molecular weight is 257 g/mol. The monoisotopic (exact) mass is 256 g/mol. The van der Waals surface area contributed by atoms with Crippen molar-refractivity contribution in [3.05, 3.63) is 60.0 Å². The second kappa shape index (κ2) is 4.58. The van der Waals surface area contributed by atoms with Crippen LogP contribution >= 0.6 is 11.6 Å². The van der Waals surface area contributed by atoms with E-state index in [2.05, 4.69) is 15.3 Å². The predicted molar refractivity (Wildman–Crippen MR) is 69.6 cm³/mol. The number of halogens is 1. The Morgan fingerprint density at radius 2 is 1.94 bits per heavy atom. The van der Waals surface area contributed by atoms with Crippen LogP contribution in [0.3, 0.4) is 0 Å². The Labute approximate surface area is 109 Å². The van der Waals surface area contributed by atoms with Gasteiger partial charge in [0.2, 0.25) is 0 Å². The summed E-state index contributed by atoms with van der Waals surface area (Å²) in [4.78, 5) is 0. The molecule has 0 aliphatic heterocycles. The van der Waals surface area contributed by atoms with Crippen molar-refractivity contribution >= 4 is 11.6 Å². The number of nitrogens with zero attached hydrogens (tertiary/aromatic N) is 4. The summed E-state index contributed by atoms with van der Waals surface area (Å²) in [6.07, 6.45) is 5.27. The Balaban J connectivity index is 2.03. The lowest BCUT2D eigenvalue weighted by atomic mass is 10.1. The average Bonchev–Trinajstić information content (AvgIpc) is 2.90. The van der Waals surface area contributed by atoms with Crippen molar-refractivity contribution in [1.29, 1.82) is 0 Å². The van der Waals surface area contributed by atoms with Crippen molar-refractivity contribution in [2.45, 2.75) is 0 Å². The molecule has 4 nitrogen and oxygen atoms in total. The van der Waals surface area contributed by atoms with Crippen LogP contribution in [0, 0.1) is 0 Å². The summed E-state index contributed by atoms with van der Waals surface area (Å²) in [6, 6.07) is 11.3. The van der Waals surface area contributed by atoms with Crippen molar-refractivity contribution in [3.63, 3.8) is 0 Å². The summed E-state index contributed by atoms with van der Waals surface area (Å²) in [5.74, 6) is 0.677. The summed E-state index contributed by atoms with van der Waals surface area (Å²) >= 11 is 6.15. The normalized spacial score (nSPS) is 10.5. The van der Waals surface area contributed by atoms with Crippen LogP contribution in [0.25, 0.3) is 16.9 Å². The maximum atomic E-state index is 6.15. The number of hydrogen-bond donors (Lipinski definition) is 0. The van der Waals surface area contributed by atoms with Crippen LogP contribution in [-0.4, -0.2) is 20.0 Å². The first-order valence-electron chi connectivity index (χ1n) is 5.42. The van der Waals surface area contributed by atoms with Crippen LogP contribution in [0.15, 0.2) is 55.0 Å². The molecule has 0 bridgehead atoms. The van der Waals surface area contributed by atoms with E-state index in [1.54, 1.807) is 17.1 Å². The van der Waals surface area contributed by atoms with Gasteiger partial charge >= 0.3 is 0 Å². The lowest BCUT2D eigenvalue weighted by Crippen LogP contribution is -1.97. The van der Waals surface area contributed by atoms with Crippen LogP contribution in [0.5, 0.6) is 0 Å². The minimum atomic E-state index is 0.677. The standard InChI is InChI=1S/C13H9ClN4/c14-12-5-2-1-4-11(12)10-8-16-18(9-10)13-6-3-7-15-17-13/h1-9H. The van der Waals surface area contributed by atoms with Gasteiger partial charge in [0, 0.05) is 28.5 Å². The highest BCUT2D eigenvalue weighted by atomic mass is 35.5. The van der Waals surface area contributed by atoms with Gasteiger partial charge in [0.15, 0.2) is 5.82 Å². The third-order valence-electron chi connectivity index (χ3n) is 2.56. The quantitative estimate of drug-likeness (QED) is 0.708. The highest BCUT2D eigenvalue weighted by molar-refractivity contribution is 6.33. The number of rotatable bonds is 2. The molecule has 0 fully saturated rings. The highest BCUT2D eigenvalue weighted by Crippen LogP contribution is 2.27. The molecule has 0 saturated heterocycles. The molecule has 0 unspecified atom stereocenters. The largest absolute Gasteiger partial charge is 0.220 e. The topological polar surface area (TPSA) is 43.6 Å². The van der Waals surface area contributed by atoms with Gasteiger partial charge in [0.05, 0.1) is 6.20 Å². The molecule has 0 aliphatic rings. The molecular formula is C13H9ClN4. The molecule has 18 heavy (non-hydrogen) atoms. The van der Waals surface area contributed by atoms with Crippen LogP contribution in [0.2, 0.25) is 5.02 Å². The van der Waals surface area contributed by atoms with Crippen LogP contribution < -0.4 is 0 Å². The molecule has 0 N–H and O–H groups in total. The second-order valence-corrected chi connectivity index (χ2v) is 4.14. The van der Waals surface area contributed by atoms with E-state index in [1.807, 2.05) is 42.6 Å². The fraction of sp³-hybridized carbons (Fsp3) is 0. The number of hydrogen-bond acceptors (Lipinski definition) is 3. The number of benzene rings is 1. The third-order valence-corrected chi connectivity index (χ3v) is 2.89. The summed E-state index contributed by atoms with van der Waals surface area (Å²) in [6.45, 7) is 0. The molecule has 2 aromatic heterocycles. The maximum Gasteiger partial charge on any atom is 0.175 e. The van der Waals surface area contributed by atoms with Gasteiger partial charge in [-0.05, 0) is 18.2 Å². The second-order valence-electron chi connectivity index (χ2n) is 3.74. The zero-order valence-electron chi connectivity index (χ0n) is 9.36. The Morgan fingerprint density at radius 1 is 1.06 bits per heavy atom. The predicted octanol–water partition coefficient (Wildman–Crippen LogP) is 2.98. The fourth-order valence-electron chi connectivity index (χ4n) is 1.70. The zero-order valence-corrected chi connectivity index (χ0v) is 10.1. The lowest BCUT2D eigenvalue weighted by Gasteiger charge is -1.99. The minimum absolute atomic E-state index is 0.677. The van der Waals surface area contributed by atoms with E-state index in [1.165, 1.54) is 0 Å². The van der Waals surface area contributed by atoms with Crippen molar-refractivity contribution in [2.75, 3.05) is 0 Å². The first kappa shape index (κ1) is 10.9. The van der Waals surface area contributed by atoms with Crippen molar-refractivity contribution in [1.82, 2.24) is 20.0 Å². The lowest BCUT2D eigenvalue weighted by molar-refractivity contribution is 0.814. The van der Waals surface area contributed by atoms with Crippen molar-refractivity contribution in [3.8, 4) is 16.9 Å². The van der Waals surface area contributed by atoms with E-state index in [-0.39, 0.29) is 0 Å². The van der Waals surface area contributed by atoms with Gasteiger partial charge < -0.3 is 0 Å². The first-order chi connectivity index (χ1) is 8.84. The van der Waals surface area contributed by atoms with E-state index >= 15 is 0 Å². The van der Waals surface area contributed by atoms with Gasteiger partial charge in [0.1, 0.15) is 0 Å². The van der Waals surface area contributed by atoms with E-state index in [4.69, 9.17) is 11.6 Å². The molecule has 0 atom stereocenters. The third kappa shape index (κ3) is 1.98. The Kier molecular flexibility index (Phi) is 2.78. The molecule has 3 aromatic rings. The molecule has 0 radical (unpaired) electrons. The van der Waals surface area contributed by atoms with Gasteiger partial charge in [-0.25, -0.2) is 4.68 Å². The van der Waals surface area contributed by atoms with Crippen molar-refractivity contribution in [2.24, 2.45) is 0 Å². The molecule has 2 heterocycles. The first-order valence-corrected chi connectivity index (χ1v) is 5.80. The van der Waals surface area contributed by atoms with Crippen molar-refractivity contribution < 1.29 is 0 Å². The molecule has 1 aromatic carbocycles. The smallest absolute Gasteiger partial charge is 0.175 e. The minimum Gasteiger partial charge on any atom is -0.220 e. The summed E-state index contributed by atoms with van der Waals surface area (Å²) < 4.78 is 1.67. The van der Waals surface area contributed by atoms with E-state index in [0.29, 0.717) is 10.8 Å². The molecule has 3 rings (SSSR count). The van der Waals surface area contributed by atoms with Crippen LogP contribution in [0.4, 0.5) is 0 Å². The Morgan fingerprint density at radius 3 is 2.72 bits per heavy atom. The van der Waals surface area contributed by atoms with Crippen LogP contribution in [0.1, 0.15) is 0 Å². The maximum absolute atomic E-state index is 6.15. The summed E-state index contributed by atoms with van der Waals surface area (Å²) in [5, 5.41) is 12.8. The van der Waals surface area contributed by atoms with Gasteiger partial charge in [-0.3, -0.25) is 0 Å². The molecular weight excluding hydrogens is 248 g/mol. The van der Waals surface area contributed by atoms with Gasteiger partial charge in [-0.1, -0.05) is 29.8 Å². The zero-order chi connectivity index (χ0) is 12.4. The molecule has 0 spiro atoms. The Hall–Kier alpha value is -2.20. The SMILES string of the molecule is Clc1ccccc1-c1cnn(-c2cccnn2)c1. The van der Waals surface area contributed by atoms with Gasteiger partial charge in [-0.15, -0.1) is 5.10 Å². The van der Waals surface area contributed by atoms with Crippen LogP contribution in [-0.2, 0) is 0 Å². The summed E-state index contributed by atoms with van der Waals surface area (Å²) in [7, 11) is 0. The Bertz CT molecular complexity index is 664. The molecule has 5 heteroatoms. The van der Waals surface area contributed by atoms with E-state index in [0.717, 1.165) is 11.1 Å². The van der Waals surface area contributed by atoms with E-state index in [9.17, 15) is 0 Å².